The van der Waals surface area contributed by atoms with Crippen LogP contribution in [0.25, 0.3) is 0 Å². The van der Waals surface area contributed by atoms with Gasteiger partial charge in [-0.15, -0.1) is 0 Å². The Balaban J connectivity index is 1.68. The highest BCUT2D eigenvalue weighted by atomic mass is 79.9. The fourth-order valence-corrected chi connectivity index (χ4v) is 3.24. The van der Waals surface area contributed by atoms with Crippen molar-refractivity contribution in [3.8, 4) is 5.75 Å². The van der Waals surface area contributed by atoms with Crippen molar-refractivity contribution in [1.82, 2.24) is 0 Å². The zero-order chi connectivity index (χ0) is 16.8. The molecule has 0 amide bonds. The molecule has 1 fully saturated rings. The zero-order valence-electron chi connectivity index (χ0n) is 13.5. The minimum absolute atomic E-state index is 0.244. The van der Waals surface area contributed by atoms with Crippen LogP contribution in [0.5, 0.6) is 5.75 Å². The molecule has 0 aliphatic carbocycles. The van der Waals surface area contributed by atoms with Crippen LogP contribution in [-0.4, -0.2) is 37.6 Å². The van der Waals surface area contributed by atoms with E-state index in [2.05, 4.69) is 45.2 Å². The van der Waals surface area contributed by atoms with Crippen molar-refractivity contribution in [2.75, 3.05) is 26.3 Å². The molecule has 0 aromatic heterocycles. The largest absolute Gasteiger partial charge is 0.507 e. The number of morpholine rings is 1. The first-order chi connectivity index (χ1) is 11.7. The van der Waals surface area contributed by atoms with Gasteiger partial charge < -0.3 is 14.7 Å². The van der Waals surface area contributed by atoms with Gasteiger partial charge in [0.1, 0.15) is 25.4 Å². The van der Waals surface area contributed by atoms with Gasteiger partial charge in [0.05, 0.1) is 19.8 Å². The molecule has 4 nitrogen and oxygen atoms in total. The van der Waals surface area contributed by atoms with Crippen molar-refractivity contribution in [1.29, 1.82) is 0 Å². The van der Waals surface area contributed by atoms with Crippen molar-refractivity contribution in [3.05, 3.63) is 63.6 Å². The second-order valence-electron chi connectivity index (χ2n) is 5.98. The summed E-state index contributed by atoms with van der Waals surface area (Å²) in [7, 11) is 0. The van der Waals surface area contributed by atoms with E-state index in [1.165, 1.54) is 11.1 Å². The van der Waals surface area contributed by atoms with Crippen LogP contribution in [0.2, 0.25) is 0 Å². The number of aliphatic imine (C=N–C) groups is 1. The fraction of sp³-hybridized carbons (Fsp3) is 0.316. The molecule has 0 spiro atoms. The number of benzene rings is 2. The van der Waals surface area contributed by atoms with Crippen LogP contribution >= 0.6 is 15.9 Å². The van der Waals surface area contributed by atoms with E-state index in [1.807, 2.05) is 12.1 Å². The molecule has 0 radical (unpaired) electrons. The Kier molecular flexibility index (Phi) is 6.01. The maximum atomic E-state index is 9.88. The Morgan fingerprint density at radius 2 is 1.88 bits per heavy atom. The molecule has 0 bridgehead atoms. The molecule has 0 atom stereocenters. The third-order valence-corrected chi connectivity index (χ3v) is 4.73. The Morgan fingerprint density at radius 1 is 1.12 bits per heavy atom. The first-order valence-corrected chi connectivity index (χ1v) is 8.98. The summed E-state index contributed by atoms with van der Waals surface area (Å²) in [5, 5.41) is 9.88. The van der Waals surface area contributed by atoms with Gasteiger partial charge >= 0.3 is 0 Å². The smallest absolute Gasteiger partial charge is 0.124 e. The van der Waals surface area contributed by atoms with Gasteiger partial charge in [-0.2, -0.15) is 0 Å². The molecule has 1 heterocycles. The van der Waals surface area contributed by atoms with Crippen LogP contribution in [0.15, 0.2) is 51.9 Å². The number of nitrogens with one attached hydrogen (secondary N) is 1. The lowest BCUT2D eigenvalue weighted by atomic mass is 10.1. The first-order valence-electron chi connectivity index (χ1n) is 8.19. The maximum absolute atomic E-state index is 9.88. The number of halogens is 1. The van der Waals surface area contributed by atoms with E-state index in [0.717, 1.165) is 42.9 Å². The molecule has 1 aliphatic rings. The fourth-order valence-electron chi connectivity index (χ4n) is 2.86. The molecule has 2 aromatic rings. The maximum Gasteiger partial charge on any atom is 0.124 e. The summed E-state index contributed by atoms with van der Waals surface area (Å²) in [5.41, 5.74) is 3.30. The third kappa shape index (κ3) is 4.66. The van der Waals surface area contributed by atoms with Crippen molar-refractivity contribution >= 4 is 22.1 Å². The van der Waals surface area contributed by atoms with Crippen LogP contribution in [0.1, 0.15) is 16.7 Å². The Bertz CT molecular complexity index is 712. The molecule has 1 saturated heterocycles. The molecule has 0 saturated carbocycles. The van der Waals surface area contributed by atoms with Crippen LogP contribution in [0.3, 0.4) is 0 Å². The lowest BCUT2D eigenvalue weighted by Gasteiger charge is -2.24. The predicted octanol–water partition coefficient (Wildman–Crippen LogP) is 2.19. The van der Waals surface area contributed by atoms with E-state index in [9.17, 15) is 5.11 Å². The Labute approximate surface area is 150 Å². The second kappa shape index (κ2) is 8.42. The molecular weight excluding hydrogens is 368 g/mol. The van der Waals surface area contributed by atoms with Crippen molar-refractivity contribution in [3.63, 3.8) is 0 Å². The van der Waals surface area contributed by atoms with Gasteiger partial charge in [0.2, 0.25) is 0 Å². The standard InChI is InChI=1S/C19H21BrN2O2/c20-18-5-6-19(23)17(11-18)13-21-12-15-3-1-2-4-16(15)14-22-7-9-24-10-8-22/h1-6,11,13,23H,7-10,12,14H2/p+1. The molecule has 1 aliphatic heterocycles. The quantitative estimate of drug-likeness (QED) is 0.769. The summed E-state index contributed by atoms with van der Waals surface area (Å²) in [6, 6.07) is 13.8. The summed E-state index contributed by atoms with van der Waals surface area (Å²) < 4.78 is 6.36. The minimum Gasteiger partial charge on any atom is -0.507 e. The zero-order valence-corrected chi connectivity index (χ0v) is 15.1. The van der Waals surface area contributed by atoms with E-state index < -0.39 is 0 Å². The van der Waals surface area contributed by atoms with Gasteiger partial charge in [0, 0.05) is 21.8 Å². The molecule has 24 heavy (non-hydrogen) atoms. The number of aromatic hydroxyl groups is 1. The van der Waals surface area contributed by atoms with E-state index in [0.29, 0.717) is 6.54 Å². The normalized spacial score (nSPS) is 15.9. The Hall–Kier alpha value is -1.69. The number of nitrogens with zero attached hydrogens (tertiary/aromatic N) is 1. The number of phenols is 1. The highest BCUT2D eigenvalue weighted by molar-refractivity contribution is 9.10. The summed E-state index contributed by atoms with van der Waals surface area (Å²) in [5.74, 6) is 0.244. The molecular formula is C19H22BrN2O2+. The molecule has 2 aromatic carbocycles. The number of quaternary nitrogens is 1. The van der Waals surface area contributed by atoms with Gasteiger partial charge in [-0.1, -0.05) is 40.2 Å². The molecule has 126 valence electrons. The summed E-state index contributed by atoms with van der Waals surface area (Å²) in [4.78, 5) is 6.09. The summed E-state index contributed by atoms with van der Waals surface area (Å²) in [6.45, 7) is 5.44. The number of hydrogen-bond acceptors (Lipinski definition) is 3. The van der Waals surface area contributed by atoms with Gasteiger partial charge in [-0.25, -0.2) is 0 Å². The van der Waals surface area contributed by atoms with Crippen molar-refractivity contribution in [2.24, 2.45) is 4.99 Å². The predicted molar refractivity (Wildman–Crippen MR) is 98.8 cm³/mol. The molecule has 3 rings (SSSR count). The lowest BCUT2D eigenvalue weighted by Crippen LogP contribution is -3.12. The molecule has 0 unspecified atom stereocenters. The average Bonchev–Trinajstić information content (AvgIpc) is 2.60. The summed E-state index contributed by atoms with van der Waals surface area (Å²) in [6.07, 6.45) is 1.73. The monoisotopic (exact) mass is 389 g/mol. The van der Waals surface area contributed by atoms with Crippen LogP contribution < -0.4 is 4.90 Å². The van der Waals surface area contributed by atoms with Crippen molar-refractivity contribution < 1.29 is 14.7 Å². The topological polar surface area (TPSA) is 46.3 Å². The first kappa shape index (κ1) is 17.1. The third-order valence-electron chi connectivity index (χ3n) is 4.24. The van der Waals surface area contributed by atoms with Gasteiger partial charge in [0.15, 0.2) is 0 Å². The van der Waals surface area contributed by atoms with E-state index in [4.69, 9.17) is 4.74 Å². The minimum atomic E-state index is 0.244. The highest BCUT2D eigenvalue weighted by Crippen LogP contribution is 2.20. The Morgan fingerprint density at radius 3 is 2.67 bits per heavy atom. The molecule has 5 heteroatoms. The number of hydrogen-bond donors (Lipinski definition) is 2. The second-order valence-corrected chi connectivity index (χ2v) is 6.90. The number of ether oxygens (including phenoxy) is 1. The van der Waals surface area contributed by atoms with Gasteiger partial charge in [0.25, 0.3) is 0 Å². The summed E-state index contributed by atoms with van der Waals surface area (Å²) >= 11 is 3.41. The van der Waals surface area contributed by atoms with Crippen LogP contribution in [0, 0.1) is 0 Å². The number of phenolic OH excluding ortho intramolecular Hbond substituents is 1. The van der Waals surface area contributed by atoms with Gasteiger partial charge in [-0.05, 0) is 23.8 Å². The highest BCUT2D eigenvalue weighted by Gasteiger charge is 2.15. The van der Waals surface area contributed by atoms with E-state index >= 15 is 0 Å². The SMILES string of the molecule is Oc1ccc(Br)cc1C=NCc1ccccc1C[NH+]1CCOCC1. The molecule has 2 N–H and O–H groups in total. The van der Waals surface area contributed by atoms with Crippen molar-refractivity contribution in [2.45, 2.75) is 13.1 Å². The van der Waals surface area contributed by atoms with E-state index in [-0.39, 0.29) is 5.75 Å². The lowest BCUT2D eigenvalue weighted by molar-refractivity contribution is -0.921. The van der Waals surface area contributed by atoms with Crippen LogP contribution in [-0.2, 0) is 17.8 Å². The number of rotatable bonds is 5. The van der Waals surface area contributed by atoms with E-state index in [1.54, 1.807) is 17.2 Å². The van der Waals surface area contributed by atoms with Gasteiger partial charge in [-0.3, -0.25) is 4.99 Å². The average molecular weight is 390 g/mol. The van der Waals surface area contributed by atoms with Crippen LogP contribution in [0.4, 0.5) is 0 Å².